The van der Waals surface area contributed by atoms with Gasteiger partial charge >= 0.3 is 0 Å². The SMILES string of the molecule is CNCCCNc1cc(Nc2ccccc2)ncn1. The summed E-state index contributed by atoms with van der Waals surface area (Å²) in [5.41, 5.74) is 1.02. The fourth-order valence-corrected chi connectivity index (χ4v) is 1.67. The zero-order valence-electron chi connectivity index (χ0n) is 11.1. The van der Waals surface area contributed by atoms with Crippen LogP contribution in [0.4, 0.5) is 17.3 Å². The lowest BCUT2D eigenvalue weighted by Crippen LogP contribution is -2.13. The Labute approximate surface area is 113 Å². The van der Waals surface area contributed by atoms with Crippen LogP contribution in [0.1, 0.15) is 6.42 Å². The van der Waals surface area contributed by atoms with E-state index < -0.39 is 0 Å². The summed E-state index contributed by atoms with van der Waals surface area (Å²) in [5, 5.41) is 9.63. The third-order valence-corrected chi connectivity index (χ3v) is 2.62. The molecule has 0 saturated carbocycles. The van der Waals surface area contributed by atoms with Gasteiger partial charge in [-0.15, -0.1) is 0 Å². The van der Waals surface area contributed by atoms with Crippen LogP contribution in [0, 0.1) is 0 Å². The van der Waals surface area contributed by atoms with Crippen molar-refractivity contribution >= 4 is 17.3 Å². The molecule has 100 valence electrons. The molecule has 1 aromatic carbocycles. The fraction of sp³-hybridized carbons (Fsp3) is 0.286. The summed E-state index contributed by atoms with van der Waals surface area (Å²) >= 11 is 0. The second-order valence-electron chi connectivity index (χ2n) is 4.16. The second kappa shape index (κ2) is 7.33. The van der Waals surface area contributed by atoms with Crippen LogP contribution in [0.2, 0.25) is 0 Å². The molecule has 0 spiro atoms. The maximum Gasteiger partial charge on any atom is 0.135 e. The molecule has 0 amide bonds. The van der Waals surface area contributed by atoms with Crippen molar-refractivity contribution in [1.29, 1.82) is 0 Å². The Morgan fingerprint density at radius 3 is 2.58 bits per heavy atom. The maximum atomic E-state index is 4.20. The molecule has 1 aromatic heterocycles. The molecule has 0 unspecified atom stereocenters. The van der Waals surface area contributed by atoms with E-state index in [0.717, 1.165) is 36.8 Å². The molecule has 0 bridgehead atoms. The van der Waals surface area contributed by atoms with Crippen LogP contribution in [0.3, 0.4) is 0 Å². The summed E-state index contributed by atoms with van der Waals surface area (Å²) in [7, 11) is 1.95. The van der Waals surface area contributed by atoms with Gasteiger partial charge in [0.05, 0.1) is 0 Å². The Hall–Kier alpha value is -2.14. The average molecular weight is 257 g/mol. The van der Waals surface area contributed by atoms with Crippen molar-refractivity contribution in [2.75, 3.05) is 30.8 Å². The van der Waals surface area contributed by atoms with E-state index in [1.165, 1.54) is 0 Å². The molecule has 2 aromatic rings. The first-order chi connectivity index (χ1) is 9.38. The Bertz CT molecular complexity index is 486. The van der Waals surface area contributed by atoms with Crippen molar-refractivity contribution in [1.82, 2.24) is 15.3 Å². The smallest absolute Gasteiger partial charge is 0.135 e. The monoisotopic (exact) mass is 257 g/mol. The van der Waals surface area contributed by atoms with Gasteiger partial charge in [-0.2, -0.15) is 0 Å². The first-order valence-electron chi connectivity index (χ1n) is 6.41. The van der Waals surface area contributed by atoms with Gasteiger partial charge in [0.25, 0.3) is 0 Å². The Balaban J connectivity index is 1.91. The number of aromatic nitrogens is 2. The second-order valence-corrected chi connectivity index (χ2v) is 4.16. The summed E-state index contributed by atoms with van der Waals surface area (Å²) in [6, 6.07) is 11.9. The van der Waals surface area contributed by atoms with Crippen molar-refractivity contribution in [2.45, 2.75) is 6.42 Å². The number of nitrogens with zero attached hydrogens (tertiary/aromatic N) is 2. The lowest BCUT2D eigenvalue weighted by atomic mass is 10.3. The molecule has 2 rings (SSSR count). The van der Waals surface area contributed by atoms with Gasteiger partial charge < -0.3 is 16.0 Å². The van der Waals surface area contributed by atoms with Gasteiger partial charge in [-0.25, -0.2) is 9.97 Å². The van der Waals surface area contributed by atoms with Crippen molar-refractivity contribution < 1.29 is 0 Å². The lowest BCUT2D eigenvalue weighted by Gasteiger charge is -2.08. The van der Waals surface area contributed by atoms with Gasteiger partial charge in [-0.3, -0.25) is 0 Å². The molecule has 0 aliphatic rings. The molecule has 0 aliphatic heterocycles. The molecule has 3 N–H and O–H groups in total. The van der Waals surface area contributed by atoms with Gasteiger partial charge in [-0.05, 0) is 32.1 Å². The topological polar surface area (TPSA) is 61.9 Å². The molecule has 0 saturated heterocycles. The Kier molecular flexibility index (Phi) is 5.13. The minimum Gasteiger partial charge on any atom is -0.370 e. The predicted molar refractivity (Wildman–Crippen MR) is 78.8 cm³/mol. The van der Waals surface area contributed by atoms with Crippen LogP contribution in [-0.2, 0) is 0 Å². The van der Waals surface area contributed by atoms with E-state index in [0.29, 0.717) is 0 Å². The van der Waals surface area contributed by atoms with Gasteiger partial charge in [0.2, 0.25) is 0 Å². The molecular formula is C14H19N5. The third-order valence-electron chi connectivity index (χ3n) is 2.62. The summed E-state index contributed by atoms with van der Waals surface area (Å²) in [6.07, 6.45) is 2.62. The number of nitrogens with one attached hydrogen (secondary N) is 3. The standard InChI is InChI=1S/C14H19N5/c1-15-8-5-9-16-13-10-14(18-11-17-13)19-12-6-3-2-4-7-12/h2-4,6-7,10-11,15H,5,8-9H2,1H3,(H2,16,17,18,19). The minimum atomic E-state index is 0.789. The number of para-hydroxylation sites is 1. The van der Waals surface area contributed by atoms with Crippen LogP contribution < -0.4 is 16.0 Å². The van der Waals surface area contributed by atoms with Crippen molar-refractivity contribution in [3.8, 4) is 0 Å². The average Bonchev–Trinajstić information content (AvgIpc) is 2.45. The Morgan fingerprint density at radius 1 is 1.00 bits per heavy atom. The number of anilines is 3. The van der Waals surface area contributed by atoms with Gasteiger partial charge in [0.1, 0.15) is 18.0 Å². The number of rotatable bonds is 7. The van der Waals surface area contributed by atoms with Crippen LogP contribution in [0.15, 0.2) is 42.7 Å². The summed E-state index contributed by atoms with van der Waals surface area (Å²) in [5.74, 6) is 1.63. The quantitative estimate of drug-likeness (QED) is 0.664. The van der Waals surface area contributed by atoms with Crippen molar-refractivity contribution in [3.63, 3.8) is 0 Å². The van der Waals surface area contributed by atoms with E-state index in [9.17, 15) is 0 Å². The fourth-order valence-electron chi connectivity index (χ4n) is 1.67. The van der Waals surface area contributed by atoms with Gasteiger partial charge in [-0.1, -0.05) is 18.2 Å². The highest BCUT2D eigenvalue weighted by molar-refractivity contribution is 5.58. The zero-order valence-corrected chi connectivity index (χ0v) is 11.1. The number of hydrogen-bond donors (Lipinski definition) is 3. The van der Waals surface area contributed by atoms with Crippen LogP contribution in [0.5, 0.6) is 0 Å². The minimum absolute atomic E-state index is 0.789. The van der Waals surface area contributed by atoms with E-state index in [-0.39, 0.29) is 0 Å². The zero-order chi connectivity index (χ0) is 13.3. The Morgan fingerprint density at radius 2 is 1.79 bits per heavy atom. The molecule has 0 aliphatic carbocycles. The molecule has 0 radical (unpaired) electrons. The molecular weight excluding hydrogens is 238 g/mol. The van der Waals surface area contributed by atoms with Gasteiger partial charge in [0.15, 0.2) is 0 Å². The first kappa shape index (κ1) is 13.3. The normalized spacial score (nSPS) is 10.2. The van der Waals surface area contributed by atoms with Crippen LogP contribution in [0.25, 0.3) is 0 Å². The molecule has 5 heteroatoms. The summed E-state index contributed by atoms with van der Waals surface area (Å²) in [4.78, 5) is 8.40. The number of hydrogen-bond acceptors (Lipinski definition) is 5. The third kappa shape index (κ3) is 4.56. The van der Waals surface area contributed by atoms with Crippen molar-refractivity contribution in [3.05, 3.63) is 42.7 Å². The molecule has 1 heterocycles. The van der Waals surface area contributed by atoms with E-state index in [1.54, 1.807) is 6.33 Å². The molecule has 19 heavy (non-hydrogen) atoms. The van der Waals surface area contributed by atoms with E-state index >= 15 is 0 Å². The first-order valence-corrected chi connectivity index (χ1v) is 6.41. The molecule has 0 fully saturated rings. The highest BCUT2D eigenvalue weighted by Gasteiger charge is 1.98. The lowest BCUT2D eigenvalue weighted by molar-refractivity contribution is 0.746. The molecule has 5 nitrogen and oxygen atoms in total. The summed E-state index contributed by atoms with van der Waals surface area (Å²) in [6.45, 7) is 1.88. The van der Waals surface area contributed by atoms with E-state index in [4.69, 9.17) is 0 Å². The largest absolute Gasteiger partial charge is 0.370 e. The van der Waals surface area contributed by atoms with Crippen LogP contribution >= 0.6 is 0 Å². The summed E-state index contributed by atoms with van der Waals surface area (Å²) < 4.78 is 0. The van der Waals surface area contributed by atoms with Crippen molar-refractivity contribution in [2.24, 2.45) is 0 Å². The predicted octanol–water partition coefficient (Wildman–Crippen LogP) is 2.24. The maximum absolute atomic E-state index is 4.20. The van der Waals surface area contributed by atoms with E-state index in [1.807, 2.05) is 43.4 Å². The van der Waals surface area contributed by atoms with Gasteiger partial charge in [0, 0.05) is 18.3 Å². The highest BCUT2D eigenvalue weighted by Crippen LogP contribution is 2.15. The number of benzene rings is 1. The highest BCUT2D eigenvalue weighted by atomic mass is 15.1. The molecule has 0 atom stereocenters. The van der Waals surface area contributed by atoms with Crippen LogP contribution in [-0.4, -0.2) is 30.1 Å². The van der Waals surface area contributed by atoms with E-state index in [2.05, 4.69) is 25.9 Å².